The Morgan fingerprint density at radius 3 is 2.75 bits per heavy atom. The quantitative estimate of drug-likeness (QED) is 0.788. The van der Waals surface area contributed by atoms with Gasteiger partial charge in [-0.15, -0.1) is 23.2 Å². The number of hydrogen-bond acceptors (Lipinski definition) is 4. The van der Waals surface area contributed by atoms with Crippen LogP contribution in [0.15, 0.2) is 15.8 Å². The largest absolute Gasteiger partial charge is 0.393 e. The summed E-state index contributed by atoms with van der Waals surface area (Å²) in [6.07, 6.45) is -0.299. The molecule has 6 nitrogen and oxygen atoms in total. The first-order chi connectivity index (χ1) is 9.36. The third kappa shape index (κ3) is 2.28. The first-order valence-corrected chi connectivity index (χ1v) is 6.83. The van der Waals surface area contributed by atoms with Crippen LogP contribution < -0.4 is 11.2 Å². The highest BCUT2D eigenvalue weighted by molar-refractivity contribution is 6.22. The van der Waals surface area contributed by atoms with Gasteiger partial charge < -0.3 is 9.84 Å². The number of aromatic amines is 1. The van der Waals surface area contributed by atoms with Gasteiger partial charge in [0.2, 0.25) is 5.82 Å². The lowest BCUT2D eigenvalue weighted by molar-refractivity contribution is -0.0968. The monoisotopic (exact) mass is 326 g/mol. The van der Waals surface area contributed by atoms with Crippen molar-refractivity contribution in [3.8, 4) is 0 Å². The van der Waals surface area contributed by atoms with Crippen LogP contribution in [0.5, 0.6) is 0 Å². The predicted molar refractivity (Wildman–Crippen MR) is 70.7 cm³/mol. The van der Waals surface area contributed by atoms with Crippen LogP contribution in [-0.2, 0) is 4.74 Å². The molecule has 4 atom stereocenters. The minimum Gasteiger partial charge on any atom is -0.393 e. The van der Waals surface area contributed by atoms with Gasteiger partial charge in [0, 0.05) is 5.92 Å². The van der Waals surface area contributed by atoms with Crippen LogP contribution in [0.2, 0.25) is 0 Å². The van der Waals surface area contributed by atoms with E-state index in [1.165, 1.54) is 0 Å². The van der Waals surface area contributed by atoms with E-state index >= 15 is 0 Å². The second-order valence-electron chi connectivity index (χ2n) is 4.74. The van der Waals surface area contributed by atoms with E-state index in [0.29, 0.717) is 0 Å². The fraction of sp³-hybridized carbons (Fsp3) is 0.636. The lowest BCUT2D eigenvalue weighted by Gasteiger charge is -2.28. The van der Waals surface area contributed by atoms with Crippen molar-refractivity contribution in [3.63, 3.8) is 0 Å². The van der Waals surface area contributed by atoms with Gasteiger partial charge in [0.25, 0.3) is 5.56 Å². The van der Waals surface area contributed by atoms with Gasteiger partial charge in [-0.3, -0.25) is 14.3 Å². The van der Waals surface area contributed by atoms with E-state index in [9.17, 15) is 19.1 Å². The first-order valence-electron chi connectivity index (χ1n) is 5.86. The zero-order valence-corrected chi connectivity index (χ0v) is 12.0. The molecule has 9 heteroatoms. The summed E-state index contributed by atoms with van der Waals surface area (Å²) in [6.45, 7) is 1.32. The van der Waals surface area contributed by atoms with Gasteiger partial charge in [0.15, 0.2) is 6.23 Å². The first kappa shape index (κ1) is 15.5. The lowest BCUT2D eigenvalue weighted by Crippen LogP contribution is -2.41. The Hall–Kier alpha value is -0.890. The summed E-state index contributed by atoms with van der Waals surface area (Å²) in [6, 6.07) is 0. The van der Waals surface area contributed by atoms with Crippen molar-refractivity contribution in [1.29, 1.82) is 0 Å². The summed E-state index contributed by atoms with van der Waals surface area (Å²) in [4.78, 5) is 24.6. The molecular weight excluding hydrogens is 314 g/mol. The molecule has 2 N–H and O–H groups in total. The second kappa shape index (κ2) is 5.48. The molecule has 1 aliphatic rings. The van der Waals surface area contributed by atoms with E-state index in [-0.39, 0.29) is 11.8 Å². The summed E-state index contributed by atoms with van der Waals surface area (Å²) in [5.74, 6) is -1.54. The third-order valence-electron chi connectivity index (χ3n) is 3.63. The molecule has 0 bridgehead atoms. The summed E-state index contributed by atoms with van der Waals surface area (Å²) in [7, 11) is 0. The number of H-pyrrole nitrogens is 1. The maximum atomic E-state index is 13.3. The average molecular weight is 327 g/mol. The highest BCUT2D eigenvalue weighted by Gasteiger charge is 2.52. The van der Waals surface area contributed by atoms with Crippen molar-refractivity contribution < 1.29 is 14.2 Å². The Morgan fingerprint density at radius 1 is 1.60 bits per heavy atom. The maximum absolute atomic E-state index is 13.3. The Balaban J connectivity index is 2.47. The number of aromatic nitrogens is 2. The predicted octanol–water partition coefficient (Wildman–Crippen LogP) is 0.418. The molecule has 0 unspecified atom stereocenters. The van der Waals surface area contributed by atoms with Crippen molar-refractivity contribution >= 4 is 23.2 Å². The Morgan fingerprint density at radius 2 is 2.25 bits per heavy atom. The molecule has 1 aromatic heterocycles. The van der Waals surface area contributed by atoms with Crippen molar-refractivity contribution in [3.05, 3.63) is 32.9 Å². The van der Waals surface area contributed by atoms with Gasteiger partial charge in [0.1, 0.15) is 5.60 Å². The average Bonchev–Trinajstić information content (AvgIpc) is 2.68. The number of ether oxygens (including phenoxy) is 1. The van der Waals surface area contributed by atoms with Crippen molar-refractivity contribution in [1.82, 2.24) is 9.55 Å². The van der Waals surface area contributed by atoms with Crippen LogP contribution in [0, 0.1) is 11.7 Å². The minimum absolute atomic E-state index is 0.0367. The van der Waals surface area contributed by atoms with E-state index in [0.717, 1.165) is 10.8 Å². The molecule has 0 saturated carbocycles. The molecule has 0 spiro atoms. The molecule has 1 aliphatic heterocycles. The van der Waals surface area contributed by atoms with Gasteiger partial charge in [-0.2, -0.15) is 4.39 Å². The summed E-state index contributed by atoms with van der Waals surface area (Å²) in [5.41, 5.74) is -3.08. The third-order valence-corrected chi connectivity index (χ3v) is 4.67. The molecule has 0 amide bonds. The highest BCUT2D eigenvalue weighted by atomic mass is 35.5. The molecule has 2 rings (SSSR count). The zero-order chi connectivity index (χ0) is 15.1. The standard InChI is InChI=1S/C11H13Cl2FN2O4/c1-5-7(13)9(20-11(5,3-12)4-17)16-2-6(14)8(18)15-10(16)19/h2,5,7,9,17H,3-4H2,1H3,(H,15,18,19)/t5-,7-,9+,11+/m0/s1. The minimum atomic E-state index is -1.13. The van der Waals surface area contributed by atoms with E-state index in [1.54, 1.807) is 6.92 Å². The van der Waals surface area contributed by atoms with E-state index in [2.05, 4.69) is 0 Å². The van der Waals surface area contributed by atoms with Gasteiger partial charge in [-0.05, 0) is 0 Å². The van der Waals surface area contributed by atoms with Crippen molar-refractivity contribution in [2.24, 2.45) is 5.92 Å². The number of nitrogens with zero attached hydrogens (tertiary/aromatic N) is 1. The Kier molecular flexibility index (Phi) is 4.24. The number of nitrogens with one attached hydrogen (secondary N) is 1. The van der Waals surface area contributed by atoms with Crippen LogP contribution in [0.1, 0.15) is 13.2 Å². The number of rotatable bonds is 3. The highest BCUT2D eigenvalue weighted by Crippen LogP contribution is 2.44. The lowest BCUT2D eigenvalue weighted by atomic mass is 9.91. The van der Waals surface area contributed by atoms with Gasteiger partial charge in [0.05, 0.1) is 24.1 Å². The number of alkyl halides is 2. The van der Waals surface area contributed by atoms with Crippen LogP contribution in [0.25, 0.3) is 0 Å². The van der Waals surface area contributed by atoms with E-state index < -0.39 is 40.9 Å². The van der Waals surface area contributed by atoms with Gasteiger partial charge in [-0.1, -0.05) is 6.92 Å². The van der Waals surface area contributed by atoms with Crippen LogP contribution in [-0.4, -0.2) is 38.1 Å². The number of aliphatic hydroxyl groups excluding tert-OH is 1. The smallest absolute Gasteiger partial charge is 0.330 e. The summed E-state index contributed by atoms with van der Waals surface area (Å²) in [5, 5.41) is 8.73. The SMILES string of the molecule is C[C@H]1[C@H](Cl)[C@H](n2cc(F)c(=O)[nH]c2=O)O[C@@]1(CO)CCl. The molecule has 1 saturated heterocycles. The van der Waals surface area contributed by atoms with Crippen LogP contribution in [0.3, 0.4) is 0 Å². The normalized spacial score (nSPS) is 33.5. The molecule has 20 heavy (non-hydrogen) atoms. The Labute approximate surface area is 123 Å². The molecule has 1 fully saturated rings. The summed E-state index contributed by atoms with van der Waals surface area (Å²) >= 11 is 12.0. The van der Waals surface area contributed by atoms with E-state index in [1.807, 2.05) is 4.98 Å². The number of halogens is 3. The van der Waals surface area contributed by atoms with Crippen LogP contribution in [0.4, 0.5) is 4.39 Å². The second-order valence-corrected chi connectivity index (χ2v) is 5.51. The van der Waals surface area contributed by atoms with Gasteiger partial charge in [-0.25, -0.2) is 4.79 Å². The van der Waals surface area contributed by atoms with Crippen molar-refractivity contribution in [2.45, 2.75) is 24.1 Å². The molecule has 112 valence electrons. The molecule has 0 aliphatic carbocycles. The van der Waals surface area contributed by atoms with E-state index in [4.69, 9.17) is 27.9 Å². The summed E-state index contributed by atoms with van der Waals surface area (Å²) < 4.78 is 19.8. The topological polar surface area (TPSA) is 84.3 Å². The van der Waals surface area contributed by atoms with Crippen molar-refractivity contribution in [2.75, 3.05) is 12.5 Å². The molecule has 0 radical (unpaired) electrons. The number of hydrogen-bond donors (Lipinski definition) is 2. The molecule has 2 heterocycles. The molecule has 0 aromatic carbocycles. The van der Waals surface area contributed by atoms with Crippen LogP contribution >= 0.6 is 23.2 Å². The molecule has 1 aromatic rings. The Bertz CT molecular complexity index is 613. The fourth-order valence-electron chi connectivity index (χ4n) is 2.19. The zero-order valence-electron chi connectivity index (χ0n) is 10.5. The van der Waals surface area contributed by atoms with Gasteiger partial charge >= 0.3 is 5.69 Å². The molecular formula is C11H13Cl2FN2O4. The number of aliphatic hydroxyl groups is 1. The maximum Gasteiger partial charge on any atom is 0.330 e. The fourth-order valence-corrected chi connectivity index (χ4v) is 2.98.